The number of benzene rings is 2. The molecule has 10 heteroatoms. The molecule has 8 nitrogen and oxygen atoms in total. The highest BCUT2D eigenvalue weighted by molar-refractivity contribution is 6.35. The van der Waals surface area contributed by atoms with Crippen molar-refractivity contribution in [2.24, 2.45) is 0 Å². The third-order valence-corrected chi connectivity index (χ3v) is 4.82. The van der Waals surface area contributed by atoms with Gasteiger partial charge in [-0.15, -0.1) is 0 Å². The van der Waals surface area contributed by atoms with Gasteiger partial charge in [-0.2, -0.15) is 0 Å². The molecule has 0 radical (unpaired) electrons. The summed E-state index contributed by atoms with van der Waals surface area (Å²) in [5.41, 5.74) is 3.35. The van der Waals surface area contributed by atoms with Gasteiger partial charge >= 0.3 is 5.97 Å². The summed E-state index contributed by atoms with van der Waals surface area (Å²) in [6.07, 6.45) is -0.853. The average molecular weight is 450 g/mol. The van der Waals surface area contributed by atoms with Crippen molar-refractivity contribution >= 4 is 58.3 Å². The third kappa shape index (κ3) is 5.08. The third-order valence-electron chi connectivity index (χ3n) is 4.25. The normalized spacial score (nSPS) is 14.7. The minimum absolute atomic E-state index is 0.110. The van der Waals surface area contributed by atoms with E-state index in [0.29, 0.717) is 21.4 Å². The molecule has 1 aliphatic rings. The maximum absolute atomic E-state index is 12.3. The zero-order valence-electron chi connectivity index (χ0n) is 15.8. The van der Waals surface area contributed by atoms with Crippen molar-refractivity contribution in [3.63, 3.8) is 0 Å². The van der Waals surface area contributed by atoms with E-state index in [-0.39, 0.29) is 30.2 Å². The number of halogens is 2. The van der Waals surface area contributed by atoms with Gasteiger partial charge in [-0.25, -0.2) is 9.80 Å². The second-order valence-electron chi connectivity index (χ2n) is 6.47. The molecule has 1 heterocycles. The van der Waals surface area contributed by atoms with E-state index in [1.54, 1.807) is 6.07 Å². The van der Waals surface area contributed by atoms with E-state index in [4.69, 9.17) is 27.9 Å². The molecule has 2 aromatic rings. The molecular weight excluding hydrogens is 433 g/mol. The van der Waals surface area contributed by atoms with Crippen LogP contribution in [0.2, 0.25) is 10.0 Å². The molecule has 2 aromatic carbocycles. The number of amides is 3. The number of anilines is 2. The van der Waals surface area contributed by atoms with Crippen LogP contribution in [0.3, 0.4) is 0 Å². The number of hydrazine groups is 1. The Morgan fingerprint density at radius 1 is 1.10 bits per heavy atom. The molecule has 3 amide bonds. The Kier molecular flexibility index (Phi) is 6.59. The van der Waals surface area contributed by atoms with E-state index >= 15 is 0 Å². The van der Waals surface area contributed by atoms with Crippen molar-refractivity contribution in [1.29, 1.82) is 0 Å². The maximum atomic E-state index is 12.3. The number of carbonyl (C=O) groups is 4. The SMILES string of the molecule is CC(OC(=O)c1ccc(N2NC(=O)CCC2=O)cc1)C(=O)Nc1cc(Cl)ccc1Cl. The van der Waals surface area contributed by atoms with Crippen molar-refractivity contribution in [3.05, 3.63) is 58.1 Å². The first kappa shape index (κ1) is 21.6. The molecule has 1 saturated heterocycles. The molecule has 0 spiro atoms. The lowest BCUT2D eigenvalue weighted by Crippen LogP contribution is -2.50. The lowest BCUT2D eigenvalue weighted by atomic mass is 10.1. The van der Waals surface area contributed by atoms with E-state index in [2.05, 4.69) is 10.7 Å². The van der Waals surface area contributed by atoms with Crippen LogP contribution in [0.5, 0.6) is 0 Å². The molecule has 3 rings (SSSR count). The van der Waals surface area contributed by atoms with E-state index in [1.807, 2.05) is 0 Å². The first-order valence-corrected chi connectivity index (χ1v) is 9.69. The maximum Gasteiger partial charge on any atom is 0.338 e. The van der Waals surface area contributed by atoms with Crippen molar-refractivity contribution < 1.29 is 23.9 Å². The summed E-state index contributed by atoms with van der Waals surface area (Å²) < 4.78 is 5.19. The van der Waals surface area contributed by atoms with Crippen molar-refractivity contribution in [1.82, 2.24) is 5.43 Å². The molecule has 0 aliphatic carbocycles. The molecule has 0 bridgehead atoms. The van der Waals surface area contributed by atoms with Gasteiger partial charge in [0.1, 0.15) is 0 Å². The van der Waals surface area contributed by atoms with Crippen LogP contribution in [0.4, 0.5) is 11.4 Å². The van der Waals surface area contributed by atoms with Crippen LogP contribution < -0.4 is 15.8 Å². The smallest absolute Gasteiger partial charge is 0.338 e. The van der Waals surface area contributed by atoms with Gasteiger partial charge in [-0.3, -0.25) is 19.8 Å². The van der Waals surface area contributed by atoms with Crippen LogP contribution in [0.1, 0.15) is 30.1 Å². The zero-order valence-corrected chi connectivity index (χ0v) is 17.3. The van der Waals surface area contributed by atoms with Gasteiger partial charge in [0.25, 0.3) is 5.91 Å². The highest BCUT2D eigenvalue weighted by Crippen LogP contribution is 2.25. The fourth-order valence-electron chi connectivity index (χ4n) is 2.64. The van der Waals surface area contributed by atoms with Gasteiger partial charge in [0.05, 0.1) is 22.0 Å². The summed E-state index contributed by atoms with van der Waals surface area (Å²) in [7, 11) is 0. The number of hydrogen-bond acceptors (Lipinski definition) is 5. The number of nitrogens with one attached hydrogen (secondary N) is 2. The summed E-state index contributed by atoms with van der Waals surface area (Å²) in [6.45, 7) is 1.42. The zero-order chi connectivity index (χ0) is 21.8. The predicted molar refractivity (Wildman–Crippen MR) is 111 cm³/mol. The molecule has 30 heavy (non-hydrogen) atoms. The first-order chi connectivity index (χ1) is 14.2. The van der Waals surface area contributed by atoms with Crippen molar-refractivity contribution in [3.8, 4) is 0 Å². The molecule has 1 unspecified atom stereocenters. The van der Waals surface area contributed by atoms with Crippen LogP contribution >= 0.6 is 23.2 Å². The second kappa shape index (κ2) is 9.15. The van der Waals surface area contributed by atoms with E-state index in [0.717, 1.165) is 5.01 Å². The number of esters is 1. The number of carbonyl (C=O) groups excluding carboxylic acids is 4. The number of rotatable bonds is 5. The lowest BCUT2D eigenvalue weighted by molar-refractivity contribution is -0.130. The lowest BCUT2D eigenvalue weighted by Gasteiger charge is -2.27. The van der Waals surface area contributed by atoms with Crippen LogP contribution in [0.25, 0.3) is 0 Å². The Morgan fingerprint density at radius 3 is 2.50 bits per heavy atom. The molecule has 1 aliphatic heterocycles. The average Bonchev–Trinajstić information content (AvgIpc) is 2.72. The Hall–Kier alpha value is -3.10. The fraction of sp³-hybridized carbons (Fsp3) is 0.200. The van der Waals surface area contributed by atoms with E-state index < -0.39 is 18.0 Å². The largest absolute Gasteiger partial charge is 0.449 e. The Labute approximate surface area is 182 Å². The van der Waals surface area contributed by atoms with Gasteiger partial charge in [-0.05, 0) is 49.4 Å². The van der Waals surface area contributed by atoms with Gasteiger partial charge in [-0.1, -0.05) is 23.2 Å². The summed E-state index contributed by atoms with van der Waals surface area (Å²) >= 11 is 11.9. The van der Waals surface area contributed by atoms with Gasteiger partial charge in [0.15, 0.2) is 6.10 Å². The molecule has 156 valence electrons. The topological polar surface area (TPSA) is 105 Å². The van der Waals surface area contributed by atoms with Gasteiger partial charge in [0.2, 0.25) is 11.8 Å². The van der Waals surface area contributed by atoms with Gasteiger partial charge < -0.3 is 10.1 Å². The second-order valence-corrected chi connectivity index (χ2v) is 7.32. The Balaban J connectivity index is 1.62. The van der Waals surface area contributed by atoms with Crippen molar-refractivity contribution in [2.75, 3.05) is 10.3 Å². The standard InChI is InChI=1S/C20H17Cl2N3O5/c1-11(19(28)23-16-10-13(21)4-7-15(16)22)30-20(29)12-2-5-14(6-3-12)25-18(27)9-8-17(26)24-25/h2-7,10-11H,8-9H2,1H3,(H,23,28)(H,24,26). The predicted octanol–water partition coefficient (Wildman–Crippen LogP) is 3.34. The molecule has 0 aromatic heterocycles. The molecule has 1 fully saturated rings. The van der Waals surface area contributed by atoms with E-state index in [1.165, 1.54) is 43.3 Å². The summed E-state index contributed by atoms with van der Waals surface area (Å²) in [5.74, 6) is -1.83. The summed E-state index contributed by atoms with van der Waals surface area (Å²) in [6, 6.07) is 10.5. The van der Waals surface area contributed by atoms with E-state index in [9.17, 15) is 19.2 Å². The highest BCUT2D eigenvalue weighted by Gasteiger charge is 2.25. The van der Waals surface area contributed by atoms with Crippen molar-refractivity contribution in [2.45, 2.75) is 25.9 Å². The summed E-state index contributed by atoms with van der Waals surface area (Å²) in [4.78, 5) is 48.1. The highest BCUT2D eigenvalue weighted by atomic mass is 35.5. The summed E-state index contributed by atoms with van der Waals surface area (Å²) in [5, 5.41) is 4.37. The minimum Gasteiger partial charge on any atom is -0.449 e. The minimum atomic E-state index is -1.10. The van der Waals surface area contributed by atoms with Gasteiger partial charge in [0, 0.05) is 17.9 Å². The quantitative estimate of drug-likeness (QED) is 0.680. The molecule has 1 atom stereocenters. The van der Waals surface area contributed by atoms with Crippen LogP contribution in [-0.4, -0.2) is 29.8 Å². The number of ether oxygens (including phenoxy) is 1. The number of hydrogen-bond donors (Lipinski definition) is 2. The van der Waals surface area contributed by atoms with Crippen LogP contribution in [0.15, 0.2) is 42.5 Å². The number of nitrogens with zero attached hydrogens (tertiary/aromatic N) is 1. The first-order valence-electron chi connectivity index (χ1n) is 8.94. The fourth-order valence-corrected chi connectivity index (χ4v) is 2.98. The molecule has 0 saturated carbocycles. The Morgan fingerprint density at radius 2 is 1.80 bits per heavy atom. The molecule has 2 N–H and O–H groups in total. The molecular formula is C20H17Cl2N3O5. The monoisotopic (exact) mass is 449 g/mol. The van der Waals surface area contributed by atoms with Crippen LogP contribution in [-0.2, 0) is 19.1 Å². The Bertz CT molecular complexity index is 1010. The van der Waals surface area contributed by atoms with Crippen LogP contribution in [0, 0.1) is 0 Å².